The van der Waals surface area contributed by atoms with Gasteiger partial charge in [0.2, 0.25) is 0 Å². The van der Waals surface area contributed by atoms with Crippen LogP contribution in [0, 0.1) is 12.0 Å². The van der Waals surface area contributed by atoms with Crippen LogP contribution in [-0.4, -0.2) is 0 Å². The fourth-order valence-corrected chi connectivity index (χ4v) is 0.818. The standard InChI is InChI=1S/C8H11.2ClH.V/c1-7(2)8-5-3-4-6-8;;;/h3,5,7H,4H2,1-2H3;2*1H;/q-1;;;+2/p-2. The van der Waals surface area contributed by atoms with Crippen molar-refractivity contribution in [2.75, 3.05) is 0 Å². The minimum absolute atomic E-state index is 0. The number of allylic oxidation sites excluding steroid dienone is 4. The van der Waals surface area contributed by atoms with Crippen LogP contribution in [0.1, 0.15) is 20.3 Å². The van der Waals surface area contributed by atoms with Gasteiger partial charge in [0, 0.05) is 0 Å². The van der Waals surface area contributed by atoms with Crippen LogP contribution < -0.4 is 24.8 Å². The molecule has 1 rings (SSSR count). The van der Waals surface area contributed by atoms with E-state index in [1.165, 1.54) is 5.57 Å². The number of halogens is 2. The first-order valence-corrected chi connectivity index (χ1v) is 3.08. The summed E-state index contributed by atoms with van der Waals surface area (Å²) in [5.41, 5.74) is 1.37. The monoisotopic (exact) mass is 228 g/mol. The first kappa shape index (κ1) is 17.7. The molecule has 0 saturated heterocycles. The van der Waals surface area contributed by atoms with E-state index in [-0.39, 0.29) is 43.4 Å². The molecule has 1 aliphatic carbocycles. The molecule has 0 bridgehead atoms. The topological polar surface area (TPSA) is 0 Å². The molecule has 1 aliphatic rings. The second-order valence-corrected chi connectivity index (χ2v) is 2.39. The summed E-state index contributed by atoms with van der Waals surface area (Å²) in [4.78, 5) is 0. The van der Waals surface area contributed by atoms with E-state index in [1.54, 1.807) is 0 Å². The van der Waals surface area contributed by atoms with E-state index in [4.69, 9.17) is 0 Å². The third-order valence-corrected chi connectivity index (χ3v) is 1.34. The summed E-state index contributed by atoms with van der Waals surface area (Å²) in [6.45, 7) is 4.38. The van der Waals surface area contributed by atoms with Crippen LogP contribution in [0.25, 0.3) is 0 Å². The zero-order chi connectivity index (χ0) is 5.98. The molecule has 0 heterocycles. The molecule has 0 aromatic rings. The molecule has 0 aliphatic heterocycles. The summed E-state index contributed by atoms with van der Waals surface area (Å²) >= 11 is 0. The Morgan fingerprint density at radius 2 is 1.91 bits per heavy atom. The van der Waals surface area contributed by atoms with Crippen molar-refractivity contribution < 1.29 is 43.4 Å². The van der Waals surface area contributed by atoms with Gasteiger partial charge in [-0.15, -0.1) is 6.42 Å². The first-order chi connectivity index (χ1) is 3.80. The maximum atomic E-state index is 3.26. The molecule has 0 fully saturated rings. The third kappa shape index (κ3) is 5.87. The zero-order valence-corrected chi connectivity index (χ0v) is 9.55. The van der Waals surface area contributed by atoms with Gasteiger partial charge in [-0.05, 0) is 0 Å². The van der Waals surface area contributed by atoms with Gasteiger partial charge in [-0.25, -0.2) is 11.6 Å². The molecule has 0 atom stereocenters. The molecule has 0 unspecified atom stereocenters. The van der Waals surface area contributed by atoms with Crippen molar-refractivity contribution in [1.82, 2.24) is 0 Å². The molecule has 0 aromatic carbocycles. The Morgan fingerprint density at radius 3 is 2.09 bits per heavy atom. The van der Waals surface area contributed by atoms with Gasteiger partial charge in [-0.3, -0.25) is 6.08 Å². The van der Waals surface area contributed by atoms with Crippen molar-refractivity contribution in [3.05, 3.63) is 23.8 Å². The molecule has 0 N–H and O–H groups in total. The summed E-state index contributed by atoms with van der Waals surface area (Å²) < 4.78 is 0. The van der Waals surface area contributed by atoms with Crippen molar-refractivity contribution >= 4 is 0 Å². The Labute approximate surface area is 93.2 Å². The second-order valence-electron chi connectivity index (χ2n) is 2.39. The summed E-state index contributed by atoms with van der Waals surface area (Å²) in [5, 5.41) is 0. The summed E-state index contributed by atoms with van der Waals surface area (Å²) in [6.07, 6.45) is 8.59. The quantitative estimate of drug-likeness (QED) is 0.406. The maximum Gasteiger partial charge on any atom is 2.00 e. The average Bonchev–Trinajstić information content (AvgIpc) is 2.12. The van der Waals surface area contributed by atoms with Gasteiger partial charge in [0.15, 0.2) is 0 Å². The summed E-state index contributed by atoms with van der Waals surface area (Å²) in [5.74, 6) is 0.661. The van der Waals surface area contributed by atoms with Gasteiger partial charge in [0.1, 0.15) is 0 Å². The van der Waals surface area contributed by atoms with Gasteiger partial charge in [-0.2, -0.15) is 6.08 Å². The smallest absolute Gasteiger partial charge is 1.00 e. The van der Waals surface area contributed by atoms with Gasteiger partial charge >= 0.3 is 18.6 Å². The van der Waals surface area contributed by atoms with Crippen molar-refractivity contribution in [1.29, 1.82) is 0 Å². The molecular formula is C8H11Cl2V-. The minimum atomic E-state index is 0. The molecule has 0 spiro atoms. The molecule has 3 heteroatoms. The van der Waals surface area contributed by atoms with Crippen LogP contribution in [0.3, 0.4) is 0 Å². The fraction of sp³-hybridized carbons (Fsp3) is 0.500. The summed E-state index contributed by atoms with van der Waals surface area (Å²) in [6, 6.07) is 0. The second kappa shape index (κ2) is 8.74. The normalized spacial score (nSPS) is 12.8. The molecule has 0 amide bonds. The number of rotatable bonds is 1. The predicted molar refractivity (Wildman–Crippen MR) is 35.4 cm³/mol. The summed E-state index contributed by atoms with van der Waals surface area (Å²) in [7, 11) is 0. The Bertz CT molecular complexity index is 139. The largest absolute Gasteiger partial charge is 2.00 e. The molecule has 1 radical (unpaired) electrons. The van der Waals surface area contributed by atoms with Gasteiger partial charge in [0.05, 0.1) is 0 Å². The van der Waals surface area contributed by atoms with Crippen molar-refractivity contribution in [3.63, 3.8) is 0 Å². The van der Waals surface area contributed by atoms with Crippen LogP contribution in [-0.2, 0) is 18.6 Å². The third-order valence-electron chi connectivity index (χ3n) is 1.34. The van der Waals surface area contributed by atoms with Crippen LogP contribution >= 0.6 is 0 Å². The average molecular weight is 229 g/mol. The van der Waals surface area contributed by atoms with E-state index in [1.807, 2.05) is 0 Å². The Kier molecular flexibility index (Phi) is 14.0. The van der Waals surface area contributed by atoms with E-state index in [9.17, 15) is 0 Å². The minimum Gasteiger partial charge on any atom is -1.00 e. The van der Waals surface area contributed by atoms with Crippen LogP contribution in [0.4, 0.5) is 0 Å². The molecule has 0 saturated carbocycles. The molecule has 0 nitrogen and oxygen atoms in total. The van der Waals surface area contributed by atoms with Crippen molar-refractivity contribution in [3.8, 4) is 0 Å². The zero-order valence-electron chi connectivity index (χ0n) is 6.64. The molecule has 63 valence electrons. The van der Waals surface area contributed by atoms with E-state index < -0.39 is 0 Å². The molecule has 11 heavy (non-hydrogen) atoms. The molecule has 0 aromatic heterocycles. The van der Waals surface area contributed by atoms with E-state index in [0.717, 1.165) is 6.42 Å². The van der Waals surface area contributed by atoms with E-state index >= 15 is 0 Å². The Balaban J connectivity index is -0.000000213. The Morgan fingerprint density at radius 1 is 1.36 bits per heavy atom. The van der Waals surface area contributed by atoms with Gasteiger partial charge in [-0.1, -0.05) is 19.8 Å². The van der Waals surface area contributed by atoms with Crippen LogP contribution in [0.5, 0.6) is 0 Å². The fourth-order valence-electron chi connectivity index (χ4n) is 0.818. The predicted octanol–water partition coefficient (Wildman–Crippen LogP) is -3.66. The van der Waals surface area contributed by atoms with Gasteiger partial charge in [0.25, 0.3) is 0 Å². The van der Waals surface area contributed by atoms with E-state index in [0.29, 0.717) is 5.92 Å². The van der Waals surface area contributed by atoms with Crippen LogP contribution in [0.15, 0.2) is 17.7 Å². The SMILES string of the molecule is CC(C)C1=[C-]CC=C1.[Cl-].[Cl-].[V+2]. The maximum absolute atomic E-state index is 3.26. The number of hydrogen-bond donors (Lipinski definition) is 0. The van der Waals surface area contributed by atoms with Gasteiger partial charge < -0.3 is 24.8 Å². The van der Waals surface area contributed by atoms with Crippen LogP contribution in [0.2, 0.25) is 0 Å². The molecular weight excluding hydrogens is 218 g/mol. The van der Waals surface area contributed by atoms with Crippen molar-refractivity contribution in [2.45, 2.75) is 20.3 Å². The van der Waals surface area contributed by atoms with Crippen molar-refractivity contribution in [2.24, 2.45) is 5.92 Å². The Hall–Kier alpha value is 0.644. The van der Waals surface area contributed by atoms with E-state index in [2.05, 4.69) is 32.1 Å². The number of hydrogen-bond acceptors (Lipinski definition) is 0. The first-order valence-electron chi connectivity index (χ1n) is 3.08.